The van der Waals surface area contributed by atoms with Gasteiger partial charge in [-0.05, 0) is 93.5 Å². The molecule has 9 rings (SSSR count). The van der Waals surface area contributed by atoms with E-state index in [1.165, 1.54) is 43.5 Å². The van der Waals surface area contributed by atoms with Crippen molar-refractivity contribution in [2.75, 3.05) is 9.80 Å². The molecule has 0 amide bonds. The second-order valence-corrected chi connectivity index (χ2v) is 22.7. The summed E-state index contributed by atoms with van der Waals surface area (Å²) in [4.78, 5) is 4.77. The van der Waals surface area contributed by atoms with Gasteiger partial charge in [0, 0.05) is 45.3 Å². The molecule has 1 aromatic heterocycles. The van der Waals surface area contributed by atoms with Gasteiger partial charge in [0.1, 0.15) is 16.1 Å². The van der Waals surface area contributed by atoms with Crippen molar-refractivity contribution in [2.45, 2.75) is 26.2 Å². The van der Waals surface area contributed by atoms with E-state index in [-0.39, 0.29) is 0 Å². The molecule has 0 N–H and O–H groups in total. The van der Waals surface area contributed by atoms with Crippen molar-refractivity contribution in [3.63, 3.8) is 0 Å². The molecule has 5 nitrogen and oxygen atoms in total. The van der Waals surface area contributed by atoms with Crippen molar-refractivity contribution in [3.05, 3.63) is 146 Å². The molecule has 0 atom stereocenters. The predicted octanol–water partition coefficient (Wildman–Crippen LogP) is 8.62. The third-order valence-electron chi connectivity index (χ3n) is 10.4. The minimum absolute atomic E-state index is 0.504. The molecule has 0 radical (unpaired) electrons. The first-order chi connectivity index (χ1) is 23.8. The molecule has 0 bridgehead atoms. The number of nitrogens with zero attached hydrogens (tertiary/aromatic N) is 4. The van der Waals surface area contributed by atoms with Gasteiger partial charge in [-0.3, -0.25) is 0 Å². The smallest absolute Gasteiger partial charge is 0.248 e. The Labute approximate surface area is 289 Å². The van der Waals surface area contributed by atoms with Crippen LogP contribution in [0.3, 0.4) is 0 Å². The lowest BCUT2D eigenvalue weighted by Crippen LogP contribution is -2.58. The summed E-state index contributed by atoms with van der Waals surface area (Å²) in [5, 5.41) is 14.7. The fraction of sp³-hybridized carbons (Fsp3) is 0.0952. The molecule has 6 aromatic carbocycles. The summed E-state index contributed by atoms with van der Waals surface area (Å²) in [7, 11) is -3.65. The van der Waals surface area contributed by atoms with Gasteiger partial charge in [-0.1, -0.05) is 99.0 Å². The van der Waals surface area contributed by atoms with Crippen LogP contribution in [0.25, 0.3) is 22.9 Å². The molecule has 0 fully saturated rings. The molecule has 0 saturated carbocycles. The van der Waals surface area contributed by atoms with E-state index in [2.05, 4.69) is 192 Å². The lowest BCUT2D eigenvalue weighted by atomic mass is 10.1. The van der Waals surface area contributed by atoms with Gasteiger partial charge in [-0.25, -0.2) is 0 Å². The number of anilines is 6. The summed E-state index contributed by atoms with van der Waals surface area (Å²) in [5.41, 5.74) is 9.04. The van der Waals surface area contributed by atoms with E-state index in [4.69, 9.17) is 4.42 Å². The van der Waals surface area contributed by atoms with Crippen LogP contribution in [0.5, 0.6) is 0 Å². The molecule has 49 heavy (non-hydrogen) atoms. The molecule has 0 saturated heterocycles. The van der Waals surface area contributed by atoms with E-state index in [0.29, 0.717) is 11.8 Å². The number of rotatable bonds is 4. The van der Waals surface area contributed by atoms with Crippen molar-refractivity contribution < 1.29 is 4.42 Å². The molecule has 2 aliphatic heterocycles. The first-order valence-corrected chi connectivity index (χ1v) is 22.8. The van der Waals surface area contributed by atoms with Gasteiger partial charge in [-0.15, -0.1) is 10.2 Å². The SMILES string of the molecule is C[Si]1(C)c2ccccc2N(c2ccc(-c3nnc(-c4ccc(N5c6ccccc6[Si](C)(C)c6ccccc65)cc4)o3)cc2)c2ccccc21. The number of hydrogen-bond acceptors (Lipinski definition) is 5. The normalized spacial score (nSPS) is 15.2. The van der Waals surface area contributed by atoms with Crippen molar-refractivity contribution in [1.29, 1.82) is 0 Å². The quantitative estimate of drug-likeness (QED) is 0.176. The minimum atomic E-state index is -1.83. The van der Waals surface area contributed by atoms with E-state index in [9.17, 15) is 0 Å². The van der Waals surface area contributed by atoms with E-state index in [1.54, 1.807) is 0 Å². The monoisotopic (exact) mass is 668 g/mol. The summed E-state index contributed by atoms with van der Waals surface area (Å²) >= 11 is 0. The van der Waals surface area contributed by atoms with Crippen LogP contribution in [0.1, 0.15) is 0 Å². The highest BCUT2D eigenvalue weighted by Gasteiger charge is 2.39. The van der Waals surface area contributed by atoms with E-state index in [0.717, 1.165) is 22.5 Å². The third-order valence-corrected chi connectivity index (χ3v) is 17.5. The van der Waals surface area contributed by atoms with Crippen LogP contribution in [0.15, 0.2) is 150 Å². The van der Waals surface area contributed by atoms with Crippen LogP contribution in [-0.2, 0) is 0 Å². The average molecular weight is 669 g/mol. The Morgan fingerprint density at radius 1 is 0.388 bits per heavy atom. The summed E-state index contributed by atoms with van der Waals surface area (Å²) in [6, 6.07) is 52.3. The van der Waals surface area contributed by atoms with Crippen LogP contribution < -0.4 is 30.5 Å². The predicted molar refractivity (Wildman–Crippen MR) is 208 cm³/mol. The molecular weight excluding hydrogens is 633 g/mol. The molecule has 0 aliphatic carbocycles. The number of para-hydroxylation sites is 4. The molecule has 7 aromatic rings. The summed E-state index contributed by atoms with van der Waals surface area (Å²) < 4.78 is 6.27. The van der Waals surface area contributed by atoms with E-state index in [1.807, 2.05) is 0 Å². The number of aromatic nitrogens is 2. The van der Waals surface area contributed by atoms with Gasteiger partial charge >= 0.3 is 0 Å². The zero-order valence-corrected chi connectivity index (χ0v) is 30.1. The van der Waals surface area contributed by atoms with E-state index >= 15 is 0 Å². The van der Waals surface area contributed by atoms with Crippen molar-refractivity contribution in [3.8, 4) is 22.9 Å². The topological polar surface area (TPSA) is 45.4 Å². The first-order valence-electron chi connectivity index (χ1n) is 16.8. The Morgan fingerprint density at radius 3 is 0.980 bits per heavy atom. The van der Waals surface area contributed by atoms with Gasteiger partial charge in [-0.2, -0.15) is 0 Å². The fourth-order valence-corrected chi connectivity index (χ4v) is 13.8. The third kappa shape index (κ3) is 4.57. The highest BCUT2D eigenvalue weighted by Crippen LogP contribution is 2.40. The van der Waals surface area contributed by atoms with Gasteiger partial charge in [0.25, 0.3) is 0 Å². The van der Waals surface area contributed by atoms with E-state index < -0.39 is 16.1 Å². The molecule has 2 aliphatic rings. The van der Waals surface area contributed by atoms with Crippen LogP contribution in [-0.4, -0.2) is 26.3 Å². The number of fused-ring (bicyclic) bond motifs is 4. The van der Waals surface area contributed by atoms with Gasteiger partial charge in [0.15, 0.2) is 0 Å². The van der Waals surface area contributed by atoms with Crippen molar-refractivity contribution in [1.82, 2.24) is 10.2 Å². The molecule has 3 heterocycles. The maximum absolute atomic E-state index is 6.27. The Bertz CT molecular complexity index is 2100. The summed E-state index contributed by atoms with van der Waals surface area (Å²) in [6.07, 6.45) is 0. The maximum atomic E-state index is 6.27. The maximum Gasteiger partial charge on any atom is 0.248 e. The second kappa shape index (κ2) is 11.0. The summed E-state index contributed by atoms with van der Waals surface area (Å²) in [5.74, 6) is 1.01. The van der Waals surface area contributed by atoms with Gasteiger partial charge in [0.2, 0.25) is 11.8 Å². The van der Waals surface area contributed by atoms with Crippen LogP contribution in [0.4, 0.5) is 34.1 Å². The lowest BCUT2D eigenvalue weighted by molar-refractivity contribution is 0.584. The molecule has 238 valence electrons. The molecule has 7 heteroatoms. The highest BCUT2D eigenvalue weighted by atomic mass is 28.3. The Kier molecular flexibility index (Phi) is 6.66. The molecule has 0 unspecified atom stereocenters. The molecule has 0 spiro atoms. The highest BCUT2D eigenvalue weighted by molar-refractivity contribution is 7.03. The zero-order chi connectivity index (χ0) is 33.3. The van der Waals surface area contributed by atoms with Gasteiger partial charge in [0.05, 0.1) is 0 Å². The fourth-order valence-electron chi connectivity index (χ4n) is 7.86. The lowest BCUT2D eigenvalue weighted by Gasteiger charge is -2.41. The van der Waals surface area contributed by atoms with Crippen LogP contribution in [0.2, 0.25) is 26.2 Å². The van der Waals surface area contributed by atoms with Crippen molar-refractivity contribution in [2.24, 2.45) is 0 Å². The average Bonchev–Trinajstić information content (AvgIpc) is 3.63. The van der Waals surface area contributed by atoms with Crippen molar-refractivity contribution >= 4 is 71.0 Å². The summed E-state index contributed by atoms with van der Waals surface area (Å²) in [6.45, 7) is 9.78. The molecular formula is C42H36N4OSi2. The first kappa shape index (κ1) is 29.6. The Morgan fingerprint density at radius 2 is 0.673 bits per heavy atom. The van der Waals surface area contributed by atoms with Gasteiger partial charge < -0.3 is 14.2 Å². The van der Waals surface area contributed by atoms with Crippen LogP contribution in [0, 0.1) is 0 Å². The minimum Gasteiger partial charge on any atom is -0.416 e. The standard InChI is InChI=1S/C42H36N4OSi2/c1-48(2)37-17-9-5-13-33(37)45(34-14-6-10-18-38(34)48)31-25-21-29(22-26-31)41-43-44-42(47-41)30-23-27-32(28-24-30)46-35-15-7-11-19-39(35)49(3,4)40-20-12-8-16-36(40)46/h5-28H,1-4H3. The second-order valence-electron chi connectivity index (χ2n) is 14.0. The Balaban J connectivity index is 1.01. The number of hydrogen-bond donors (Lipinski definition) is 0. The van der Waals surface area contributed by atoms with Crippen LogP contribution >= 0.6 is 0 Å². The Hall–Kier alpha value is -5.51. The number of benzene rings is 6. The largest absolute Gasteiger partial charge is 0.416 e. The zero-order valence-electron chi connectivity index (χ0n) is 28.1.